The van der Waals surface area contributed by atoms with Crippen molar-refractivity contribution in [3.63, 3.8) is 0 Å². The maximum atomic E-state index is 4.89. The Kier molecular flexibility index (Phi) is 6.72. The summed E-state index contributed by atoms with van der Waals surface area (Å²) in [5.41, 5.74) is 15.1. The van der Waals surface area contributed by atoms with Crippen molar-refractivity contribution in [3.8, 4) is 44.8 Å². The SMILES string of the molecule is CC1(C)c2cc(-c3cc(-c4cccc5c4Sc4c(ccc6c4-c4ccccc4C6(C)C)S5)ncn3)ccc2-c2c1ccc1c2Sc2ccccc2S1. The second-order valence-corrected chi connectivity index (χ2v) is 19.2. The summed E-state index contributed by atoms with van der Waals surface area (Å²) in [6.07, 6.45) is 1.74. The molecule has 0 fully saturated rings. The molecule has 250 valence electrons. The molecule has 6 heteroatoms. The van der Waals surface area contributed by atoms with Crippen molar-refractivity contribution < 1.29 is 0 Å². The van der Waals surface area contributed by atoms with E-state index in [1.54, 1.807) is 6.33 Å². The molecule has 0 N–H and O–H groups in total. The maximum absolute atomic E-state index is 4.89. The van der Waals surface area contributed by atoms with E-state index in [4.69, 9.17) is 9.97 Å². The Labute approximate surface area is 321 Å². The zero-order valence-electron chi connectivity index (χ0n) is 29.1. The van der Waals surface area contributed by atoms with E-state index in [1.807, 2.05) is 47.0 Å². The Bertz CT molecular complexity index is 2710. The summed E-state index contributed by atoms with van der Waals surface area (Å²) in [6, 6.07) is 42.9. The minimum absolute atomic E-state index is 0.0259. The van der Waals surface area contributed by atoms with E-state index in [0.29, 0.717) is 0 Å². The highest BCUT2D eigenvalue weighted by Crippen LogP contribution is 2.61. The average molecular weight is 741 g/mol. The third kappa shape index (κ3) is 4.38. The van der Waals surface area contributed by atoms with Gasteiger partial charge in [0.15, 0.2) is 0 Å². The van der Waals surface area contributed by atoms with Crippen LogP contribution in [-0.2, 0) is 10.8 Å². The first-order valence-electron chi connectivity index (χ1n) is 17.6. The second kappa shape index (κ2) is 11.2. The van der Waals surface area contributed by atoms with E-state index in [9.17, 15) is 0 Å². The first-order valence-corrected chi connectivity index (χ1v) is 20.9. The predicted octanol–water partition coefficient (Wildman–Crippen LogP) is 13.7. The van der Waals surface area contributed by atoms with E-state index in [1.165, 1.54) is 83.7 Å². The van der Waals surface area contributed by atoms with Crippen molar-refractivity contribution >= 4 is 47.0 Å². The number of rotatable bonds is 2. The van der Waals surface area contributed by atoms with Crippen LogP contribution in [0.5, 0.6) is 0 Å². The molecule has 0 unspecified atom stereocenters. The van der Waals surface area contributed by atoms with Gasteiger partial charge in [-0.25, -0.2) is 9.97 Å². The van der Waals surface area contributed by atoms with Gasteiger partial charge in [0.05, 0.1) is 11.4 Å². The van der Waals surface area contributed by atoms with Crippen molar-refractivity contribution in [1.29, 1.82) is 0 Å². The van der Waals surface area contributed by atoms with Crippen molar-refractivity contribution in [2.75, 3.05) is 0 Å². The molecular formula is C46H32N2S4. The van der Waals surface area contributed by atoms with E-state index < -0.39 is 0 Å². The second-order valence-electron chi connectivity index (χ2n) is 15.0. The van der Waals surface area contributed by atoms with Gasteiger partial charge >= 0.3 is 0 Å². The summed E-state index contributed by atoms with van der Waals surface area (Å²) in [5, 5.41) is 0. The maximum Gasteiger partial charge on any atom is 0.116 e. The third-order valence-electron chi connectivity index (χ3n) is 11.3. The average Bonchev–Trinajstić information content (AvgIpc) is 3.55. The Morgan fingerprint density at radius 2 is 0.981 bits per heavy atom. The fourth-order valence-electron chi connectivity index (χ4n) is 8.68. The number of aromatic nitrogens is 2. The minimum Gasteiger partial charge on any atom is -0.236 e. The molecule has 0 amide bonds. The molecule has 0 saturated heterocycles. The number of nitrogens with zero attached hydrogens (tertiary/aromatic N) is 2. The molecule has 7 aromatic rings. The summed E-state index contributed by atoms with van der Waals surface area (Å²) in [5.74, 6) is 0. The molecule has 2 aliphatic carbocycles. The zero-order valence-corrected chi connectivity index (χ0v) is 32.3. The van der Waals surface area contributed by atoms with Crippen LogP contribution in [0.15, 0.2) is 161 Å². The molecule has 2 aliphatic heterocycles. The van der Waals surface area contributed by atoms with Crippen LogP contribution in [0, 0.1) is 0 Å². The lowest BCUT2D eigenvalue weighted by Crippen LogP contribution is -2.15. The lowest BCUT2D eigenvalue weighted by molar-refractivity contribution is 0.658. The van der Waals surface area contributed by atoms with Crippen LogP contribution in [0.2, 0.25) is 0 Å². The number of hydrogen-bond acceptors (Lipinski definition) is 6. The van der Waals surface area contributed by atoms with E-state index >= 15 is 0 Å². The van der Waals surface area contributed by atoms with Crippen molar-refractivity contribution in [1.82, 2.24) is 9.97 Å². The Morgan fingerprint density at radius 1 is 0.404 bits per heavy atom. The van der Waals surface area contributed by atoms with Crippen LogP contribution in [0.25, 0.3) is 44.8 Å². The van der Waals surface area contributed by atoms with E-state index in [-0.39, 0.29) is 10.8 Å². The largest absolute Gasteiger partial charge is 0.236 e. The van der Waals surface area contributed by atoms with E-state index in [0.717, 1.165) is 22.5 Å². The molecule has 0 atom stereocenters. The molecule has 0 bridgehead atoms. The fraction of sp³-hybridized carbons (Fsp3) is 0.130. The van der Waals surface area contributed by atoms with Gasteiger partial charge < -0.3 is 0 Å². The number of hydrogen-bond donors (Lipinski definition) is 0. The van der Waals surface area contributed by atoms with Crippen LogP contribution in [0.1, 0.15) is 49.9 Å². The molecule has 6 aromatic carbocycles. The van der Waals surface area contributed by atoms with Gasteiger partial charge in [-0.15, -0.1) is 0 Å². The van der Waals surface area contributed by atoms with Gasteiger partial charge in [-0.05, 0) is 75.8 Å². The minimum atomic E-state index is -0.124. The Balaban J connectivity index is 0.984. The van der Waals surface area contributed by atoms with Gasteiger partial charge in [0.1, 0.15) is 6.33 Å². The standard InChI is InChI=1S/C46H32N2S4/c1-45(2)29-12-6-5-10-26(29)40-30(45)18-21-39-44(40)52-42-28(11-9-15-37(42)50-39)34-23-33(47-24-48-34)25-16-17-27-32(22-25)46(3,4)31-19-20-38-43(41(27)31)51-36-14-8-7-13-35(36)49-38/h5-24H,1-4H3. The van der Waals surface area contributed by atoms with Gasteiger partial charge in [0.25, 0.3) is 0 Å². The van der Waals surface area contributed by atoms with Crippen molar-refractivity contribution in [3.05, 3.63) is 144 Å². The summed E-state index contributed by atoms with van der Waals surface area (Å²) < 4.78 is 0. The molecule has 1 aromatic heterocycles. The van der Waals surface area contributed by atoms with Gasteiger partial charge in [-0.3, -0.25) is 0 Å². The van der Waals surface area contributed by atoms with Crippen LogP contribution < -0.4 is 0 Å². The highest BCUT2D eigenvalue weighted by Gasteiger charge is 2.40. The first kappa shape index (κ1) is 31.3. The molecule has 0 spiro atoms. The van der Waals surface area contributed by atoms with Crippen LogP contribution >= 0.6 is 47.0 Å². The van der Waals surface area contributed by atoms with Gasteiger partial charge in [0.2, 0.25) is 0 Å². The molecule has 4 aliphatic rings. The fourth-order valence-corrected chi connectivity index (χ4v) is 13.6. The smallest absolute Gasteiger partial charge is 0.116 e. The number of fused-ring (bicyclic) bond motifs is 12. The highest BCUT2D eigenvalue weighted by atomic mass is 32.2. The first-order chi connectivity index (χ1) is 25.3. The molecule has 0 radical (unpaired) electrons. The lowest BCUT2D eigenvalue weighted by Gasteiger charge is -2.25. The van der Waals surface area contributed by atoms with Gasteiger partial charge in [-0.2, -0.15) is 0 Å². The molecule has 11 rings (SSSR count). The molecule has 2 nitrogen and oxygen atoms in total. The number of benzene rings is 6. The topological polar surface area (TPSA) is 25.8 Å². The quantitative estimate of drug-likeness (QED) is 0.175. The molecular weight excluding hydrogens is 709 g/mol. The Morgan fingerprint density at radius 3 is 1.77 bits per heavy atom. The summed E-state index contributed by atoms with van der Waals surface area (Å²) in [7, 11) is 0. The van der Waals surface area contributed by atoms with Crippen LogP contribution in [-0.4, -0.2) is 9.97 Å². The Hall–Kier alpha value is -4.20. The van der Waals surface area contributed by atoms with Crippen molar-refractivity contribution in [2.24, 2.45) is 0 Å². The van der Waals surface area contributed by atoms with Crippen LogP contribution in [0.4, 0.5) is 0 Å². The summed E-state index contributed by atoms with van der Waals surface area (Å²) in [6.45, 7) is 9.45. The monoisotopic (exact) mass is 740 g/mol. The van der Waals surface area contributed by atoms with Crippen molar-refractivity contribution in [2.45, 2.75) is 77.7 Å². The lowest BCUT2D eigenvalue weighted by atomic mass is 9.82. The van der Waals surface area contributed by atoms with Crippen LogP contribution in [0.3, 0.4) is 0 Å². The molecule has 3 heterocycles. The molecule has 0 saturated carbocycles. The predicted molar refractivity (Wildman–Crippen MR) is 217 cm³/mol. The normalized spacial score (nSPS) is 16.1. The summed E-state index contributed by atoms with van der Waals surface area (Å²) in [4.78, 5) is 20.4. The van der Waals surface area contributed by atoms with Gasteiger partial charge in [0, 0.05) is 72.2 Å². The highest BCUT2D eigenvalue weighted by molar-refractivity contribution is 8.05. The third-order valence-corrected chi connectivity index (χ3v) is 16.6. The summed E-state index contributed by atoms with van der Waals surface area (Å²) >= 11 is 7.59. The zero-order chi connectivity index (χ0) is 34.9. The molecule has 52 heavy (non-hydrogen) atoms. The van der Waals surface area contributed by atoms with E-state index in [2.05, 4.69) is 143 Å². The van der Waals surface area contributed by atoms with Gasteiger partial charge in [-0.1, -0.05) is 148 Å².